The second-order valence-electron chi connectivity index (χ2n) is 4.27. The highest BCUT2D eigenvalue weighted by atomic mass is 79.9. The summed E-state index contributed by atoms with van der Waals surface area (Å²) in [5.41, 5.74) is 1.15. The summed E-state index contributed by atoms with van der Waals surface area (Å²) in [5, 5.41) is 0.550. The highest BCUT2D eigenvalue weighted by Crippen LogP contribution is 2.39. The van der Waals surface area contributed by atoms with Crippen LogP contribution in [0, 0.1) is 0 Å². The minimum atomic E-state index is -0.364. The molecule has 2 heteroatoms. The van der Waals surface area contributed by atoms with Crippen LogP contribution in [-0.2, 0) is 0 Å². The molecule has 20 heavy (non-hydrogen) atoms. The highest BCUT2D eigenvalue weighted by molar-refractivity contribution is 9.10. The van der Waals surface area contributed by atoms with Crippen LogP contribution >= 0.6 is 27.3 Å². The maximum absolute atomic E-state index is 8.41. The van der Waals surface area contributed by atoms with Crippen molar-refractivity contribution in [2.75, 3.05) is 0 Å². The number of fused-ring (bicyclic) bond motifs is 3. The van der Waals surface area contributed by atoms with Crippen molar-refractivity contribution in [1.29, 1.82) is 0 Å². The number of thiophene rings is 1. The van der Waals surface area contributed by atoms with Gasteiger partial charge in [-0.2, -0.15) is 0 Å². The van der Waals surface area contributed by atoms with Crippen LogP contribution in [0.2, 0.25) is 0 Å². The van der Waals surface area contributed by atoms with E-state index in [2.05, 4.69) is 15.9 Å². The lowest BCUT2D eigenvalue weighted by Crippen LogP contribution is -1.77. The van der Waals surface area contributed by atoms with Crippen molar-refractivity contribution in [3.05, 3.63) is 71.0 Å². The van der Waals surface area contributed by atoms with Gasteiger partial charge in [0.05, 0.1) is 9.60 Å². The van der Waals surface area contributed by atoms with E-state index in [9.17, 15) is 0 Å². The van der Waals surface area contributed by atoms with Crippen LogP contribution in [0.15, 0.2) is 71.0 Å². The lowest BCUT2D eigenvalue weighted by atomic mass is 10.0. The van der Waals surface area contributed by atoms with Crippen LogP contribution < -0.4 is 0 Å². The SMILES string of the molecule is [2H]c1c([2H])c([2H])c2c(sc3c(-c4cccc(Br)c4)c([2H])c([2H])c([2H])c32)c1[2H]. The third-order valence-electron chi connectivity index (χ3n) is 3.05. The molecule has 0 N–H and O–H groups in total. The van der Waals surface area contributed by atoms with Crippen molar-refractivity contribution in [3.63, 3.8) is 0 Å². The fourth-order valence-corrected chi connectivity index (χ4v) is 3.66. The van der Waals surface area contributed by atoms with Crippen molar-refractivity contribution in [1.82, 2.24) is 0 Å². The van der Waals surface area contributed by atoms with Gasteiger partial charge >= 0.3 is 0 Å². The monoisotopic (exact) mass is 345 g/mol. The summed E-state index contributed by atoms with van der Waals surface area (Å²) in [7, 11) is 0. The van der Waals surface area contributed by atoms with E-state index in [4.69, 9.17) is 9.60 Å². The van der Waals surface area contributed by atoms with Crippen molar-refractivity contribution in [2.45, 2.75) is 0 Å². The molecule has 96 valence electrons. The molecule has 0 aliphatic rings. The summed E-state index contributed by atoms with van der Waals surface area (Å²) in [6.45, 7) is 0. The lowest BCUT2D eigenvalue weighted by molar-refractivity contribution is 1.63. The van der Waals surface area contributed by atoms with Gasteiger partial charge in [0, 0.05) is 24.6 Å². The van der Waals surface area contributed by atoms with Crippen LogP contribution in [-0.4, -0.2) is 0 Å². The summed E-state index contributed by atoms with van der Waals surface area (Å²) in [4.78, 5) is 0. The summed E-state index contributed by atoms with van der Waals surface area (Å²) >= 11 is 4.55. The maximum atomic E-state index is 8.41. The Labute approximate surface area is 139 Å². The Morgan fingerprint density at radius 2 is 1.80 bits per heavy atom. The molecule has 4 rings (SSSR count). The van der Waals surface area contributed by atoms with Gasteiger partial charge < -0.3 is 0 Å². The van der Waals surface area contributed by atoms with Gasteiger partial charge in [0.25, 0.3) is 0 Å². The molecule has 0 spiro atoms. The van der Waals surface area contributed by atoms with Crippen molar-refractivity contribution < 1.29 is 9.60 Å². The zero-order valence-corrected chi connectivity index (χ0v) is 12.5. The van der Waals surface area contributed by atoms with E-state index >= 15 is 0 Å². The molecule has 0 radical (unpaired) electrons. The predicted octanol–water partition coefficient (Wildman–Crippen LogP) is 6.48. The fraction of sp³-hybridized carbons (Fsp3) is 0. The first-order valence-corrected chi connectivity index (χ1v) is 7.53. The Balaban J connectivity index is 2.31. The van der Waals surface area contributed by atoms with E-state index in [1.54, 1.807) is 6.07 Å². The Morgan fingerprint density at radius 1 is 0.950 bits per heavy atom. The van der Waals surface area contributed by atoms with E-state index in [1.165, 1.54) is 0 Å². The summed E-state index contributed by atoms with van der Waals surface area (Å²) < 4.78 is 59.0. The number of hydrogen-bond donors (Lipinski definition) is 0. The van der Waals surface area contributed by atoms with E-state index < -0.39 is 0 Å². The molecule has 0 aliphatic carbocycles. The Morgan fingerprint density at radius 3 is 2.70 bits per heavy atom. The summed E-state index contributed by atoms with van der Waals surface area (Å²) in [5.74, 6) is 0. The molecule has 0 nitrogen and oxygen atoms in total. The van der Waals surface area contributed by atoms with Crippen molar-refractivity contribution >= 4 is 47.4 Å². The highest BCUT2D eigenvalue weighted by Gasteiger charge is 2.09. The predicted molar refractivity (Wildman–Crippen MR) is 92.5 cm³/mol. The molecule has 0 saturated heterocycles. The Bertz CT molecular complexity index is 1260. The molecule has 0 aliphatic heterocycles. The average Bonchev–Trinajstić information content (AvgIpc) is 3.03. The first-order valence-electron chi connectivity index (χ1n) is 9.42. The third kappa shape index (κ3) is 1.88. The molecule has 3 aromatic carbocycles. The molecule has 0 fully saturated rings. The van der Waals surface area contributed by atoms with Gasteiger partial charge in [0.1, 0.15) is 0 Å². The quantitative estimate of drug-likeness (QED) is 0.370. The van der Waals surface area contributed by atoms with Crippen LogP contribution in [0.4, 0.5) is 0 Å². The lowest BCUT2D eigenvalue weighted by Gasteiger charge is -2.04. The number of hydrogen-bond acceptors (Lipinski definition) is 1. The minimum Gasteiger partial charge on any atom is -0.135 e. The van der Waals surface area contributed by atoms with Gasteiger partial charge in [0.15, 0.2) is 0 Å². The summed E-state index contributed by atoms with van der Waals surface area (Å²) in [6, 6.07) is 5.67. The van der Waals surface area contributed by atoms with Crippen LogP contribution in [0.3, 0.4) is 0 Å². The second kappa shape index (κ2) is 4.72. The molecular formula is C18H11BrS. The Kier molecular flexibility index (Phi) is 1.63. The molecule has 4 aromatic rings. The van der Waals surface area contributed by atoms with E-state index in [-0.39, 0.29) is 47.7 Å². The zero-order chi connectivity index (χ0) is 19.6. The fourth-order valence-electron chi connectivity index (χ4n) is 2.18. The largest absolute Gasteiger partial charge is 0.135 e. The van der Waals surface area contributed by atoms with Crippen LogP contribution in [0.25, 0.3) is 31.3 Å². The molecule has 1 aromatic heterocycles. The maximum Gasteiger partial charge on any atom is 0.0638 e. The summed E-state index contributed by atoms with van der Waals surface area (Å²) in [6.07, 6.45) is 0. The molecule has 0 unspecified atom stereocenters. The standard InChI is InChI=1S/C18H11BrS/c19-13-6-3-5-12(11-13)14-8-4-9-16-15-7-1-2-10-17(15)20-18(14)16/h1-11H/i1D,2D,4D,7D,8D,9D,10D. The van der Waals surface area contributed by atoms with E-state index in [0.717, 1.165) is 15.8 Å². The average molecular weight is 346 g/mol. The molecule has 0 atom stereocenters. The van der Waals surface area contributed by atoms with Crippen LogP contribution in [0.1, 0.15) is 9.60 Å². The van der Waals surface area contributed by atoms with Gasteiger partial charge in [-0.25, -0.2) is 0 Å². The van der Waals surface area contributed by atoms with Crippen LogP contribution in [0.5, 0.6) is 0 Å². The van der Waals surface area contributed by atoms with Gasteiger partial charge in [0.2, 0.25) is 0 Å². The van der Waals surface area contributed by atoms with E-state index in [1.807, 2.05) is 18.2 Å². The number of benzene rings is 3. The molecule has 0 saturated carbocycles. The zero-order valence-electron chi connectivity index (χ0n) is 17.1. The second-order valence-corrected chi connectivity index (χ2v) is 6.21. The Hall–Kier alpha value is -1.64. The van der Waals surface area contributed by atoms with Crippen molar-refractivity contribution in [2.24, 2.45) is 0 Å². The number of rotatable bonds is 1. The normalized spacial score (nSPS) is 16.1. The van der Waals surface area contributed by atoms with Gasteiger partial charge in [-0.3, -0.25) is 0 Å². The molecule has 1 heterocycles. The van der Waals surface area contributed by atoms with Gasteiger partial charge in [-0.05, 0) is 29.3 Å². The smallest absolute Gasteiger partial charge is 0.0638 e. The molecule has 0 amide bonds. The van der Waals surface area contributed by atoms with E-state index in [0.29, 0.717) is 25.9 Å². The van der Waals surface area contributed by atoms with Gasteiger partial charge in [-0.1, -0.05) is 64.3 Å². The first-order chi connectivity index (χ1) is 12.7. The third-order valence-corrected chi connectivity index (χ3v) is 4.67. The molecular weight excluding hydrogens is 328 g/mol. The van der Waals surface area contributed by atoms with Crippen molar-refractivity contribution in [3.8, 4) is 11.1 Å². The first kappa shape index (κ1) is 6.88. The van der Waals surface area contributed by atoms with Gasteiger partial charge in [-0.15, -0.1) is 11.3 Å². The minimum absolute atomic E-state index is 0.0904. The molecule has 0 bridgehead atoms. The topological polar surface area (TPSA) is 0 Å². The number of halogens is 1.